The van der Waals surface area contributed by atoms with Crippen LogP contribution in [0, 0.1) is 19.8 Å². The Bertz CT molecular complexity index is 508. The summed E-state index contributed by atoms with van der Waals surface area (Å²) in [4.78, 5) is 2.44. The fourth-order valence-corrected chi connectivity index (χ4v) is 2.53. The third-order valence-electron chi connectivity index (χ3n) is 3.33. The summed E-state index contributed by atoms with van der Waals surface area (Å²) < 4.78 is 0. The lowest BCUT2D eigenvalue weighted by Crippen LogP contribution is -2.23. The van der Waals surface area contributed by atoms with Crippen LogP contribution < -0.4 is 4.90 Å². The average Bonchev–Trinajstić information content (AvgIpc) is 2.38. The van der Waals surface area contributed by atoms with Gasteiger partial charge in [-0.3, -0.25) is 0 Å². The van der Waals surface area contributed by atoms with Crippen LogP contribution in [0.15, 0.2) is 48.5 Å². The van der Waals surface area contributed by atoms with Gasteiger partial charge in [-0.1, -0.05) is 50.2 Å². The number of nitrogens with zero attached hydrogens (tertiary/aromatic N) is 1. The van der Waals surface area contributed by atoms with E-state index in [4.69, 9.17) is 0 Å². The van der Waals surface area contributed by atoms with Crippen LogP contribution in [0.25, 0.3) is 0 Å². The lowest BCUT2D eigenvalue weighted by molar-refractivity contribution is 0.650. The van der Waals surface area contributed by atoms with Gasteiger partial charge in [0.15, 0.2) is 0 Å². The predicted molar refractivity (Wildman–Crippen MR) is 84.2 cm³/mol. The molecule has 0 aromatic heterocycles. The quantitative estimate of drug-likeness (QED) is 0.733. The molecule has 1 heteroatoms. The van der Waals surface area contributed by atoms with Crippen LogP contribution in [-0.2, 0) is 0 Å². The molecule has 0 aliphatic rings. The third-order valence-corrected chi connectivity index (χ3v) is 3.33. The minimum Gasteiger partial charge on any atom is -0.341 e. The van der Waals surface area contributed by atoms with E-state index >= 15 is 0 Å². The number of benzene rings is 2. The molecular formula is C18H23N. The van der Waals surface area contributed by atoms with Crippen LogP contribution in [0.4, 0.5) is 11.4 Å². The fraction of sp³-hybridized carbons (Fsp3) is 0.333. The van der Waals surface area contributed by atoms with Gasteiger partial charge in [-0.05, 0) is 43.0 Å². The van der Waals surface area contributed by atoms with Crippen molar-refractivity contribution >= 4 is 11.4 Å². The molecule has 2 rings (SSSR count). The molecule has 0 bridgehead atoms. The lowest BCUT2D eigenvalue weighted by atomic mass is 10.1. The van der Waals surface area contributed by atoms with E-state index < -0.39 is 0 Å². The van der Waals surface area contributed by atoms with E-state index in [-0.39, 0.29) is 0 Å². The fourth-order valence-electron chi connectivity index (χ4n) is 2.53. The standard InChI is InChI=1S/C18H23N/c1-14(2)13-19(17-11-6-5-7-12-17)18-15(3)9-8-10-16(18)4/h5-12,14H,13H2,1-4H3. The molecule has 0 saturated carbocycles. The van der Waals surface area contributed by atoms with Gasteiger partial charge in [-0.25, -0.2) is 0 Å². The van der Waals surface area contributed by atoms with E-state index in [1.807, 2.05) is 0 Å². The highest BCUT2D eigenvalue weighted by Crippen LogP contribution is 2.32. The zero-order valence-electron chi connectivity index (χ0n) is 12.4. The molecule has 0 heterocycles. The maximum Gasteiger partial charge on any atom is 0.0470 e. The molecule has 19 heavy (non-hydrogen) atoms. The second-order valence-electron chi connectivity index (χ2n) is 5.58. The molecular weight excluding hydrogens is 230 g/mol. The molecule has 0 spiro atoms. The van der Waals surface area contributed by atoms with Gasteiger partial charge in [-0.15, -0.1) is 0 Å². The average molecular weight is 253 g/mol. The van der Waals surface area contributed by atoms with Crippen LogP contribution in [-0.4, -0.2) is 6.54 Å². The summed E-state index contributed by atoms with van der Waals surface area (Å²) in [5, 5.41) is 0. The summed E-state index contributed by atoms with van der Waals surface area (Å²) in [6.45, 7) is 9.96. The van der Waals surface area contributed by atoms with Crippen molar-refractivity contribution in [1.29, 1.82) is 0 Å². The zero-order valence-corrected chi connectivity index (χ0v) is 12.4. The van der Waals surface area contributed by atoms with E-state index in [0.29, 0.717) is 5.92 Å². The van der Waals surface area contributed by atoms with Gasteiger partial charge in [0.05, 0.1) is 0 Å². The molecule has 1 nitrogen and oxygen atoms in total. The Kier molecular flexibility index (Phi) is 4.26. The highest BCUT2D eigenvalue weighted by Gasteiger charge is 2.14. The molecule has 0 radical (unpaired) electrons. The minimum absolute atomic E-state index is 0.624. The summed E-state index contributed by atoms with van der Waals surface area (Å²) in [5.41, 5.74) is 5.30. The van der Waals surface area contributed by atoms with Gasteiger partial charge in [0.25, 0.3) is 0 Å². The molecule has 0 unspecified atom stereocenters. The Morgan fingerprint density at radius 1 is 0.842 bits per heavy atom. The van der Waals surface area contributed by atoms with Crippen LogP contribution in [0.3, 0.4) is 0 Å². The molecule has 0 N–H and O–H groups in total. The second kappa shape index (κ2) is 5.92. The Balaban J connectivity index is 2.49. The normalized spacial score (nSPS) is 10.8. The Labute approximate surface area is 116 Å². The first-order valence-corrected chi connectivity index (χ1v) is 6.98. The van der Waals surface area contributed by atoms with E-state index in [1.165, 1.54) is 22.5 Å². The summed E-state index contributed by atoms with van der Waals surface area (Å²) in [6.07, 6.45) is 0. The van der Waals surface area contributed by atoms with Crippen molar-refractivity contribution in [1.82, 2.24) is 0 Å². The van der Waals surface area contributed by atoms with Crippen molar-refractivity contribution in [2.45, 2.75) is 27.7 Å². The van der Waals surface area contributed by atoms with Crippen LogP contribution >= 0.6 is 0 Å². The van der Waals surface area contributed by atoms with Crippen molar-refractivity contribution in [3.8, 4) is 0 Å². The topological polar surface area (TPSA) is 3.24 Å². The molecule has 2 aromatic carbocycles. The summed E-state index contributed by atoms with van der Waals surface area (Å²) >= 11 is 0. The zero-order chi connectivity index (χ0) is 13.8. The molecule has 0 saturated heterocycles. The Morgan fingerprint density at radius 3 is 1.95 bits per heavy atom. The molecule has 0 amide bonds. The number of hydrogen-bond acceptors (Lipinski definition) is 1. The highest BCUT2D eigenvalue weighted by atomic mass is 15.1. The van der Waals surface area contributed by atoms with E-state index in [1.54, 1.807) is 0 Å². The number of para-hydroxylation sites is 2. The van der Waals surface area contributed by atoms with Crippen molar-refractivity contribution in [2.24, 2.45) is 5.92 Å². The Hall–Kier alpha value is -1.76. The predicted octanol–water partition coefficient (Wildman–Crippen LogP) is 5.10. The second-order valence-corrected chi connectivity index (χ2v) is 5.58. The maximum absolute atomic E-state index is 2.44. The molecule has 0 fully saturated rings. The molecule has 0 aliphatic carbocycles. The van der Waals surface area contributed by atoms with Gasteiger partial charge in [0, 0.05) is 17.9 Å². The van der Waals surface area contributed by atoms with Crippen LogP contribution in [0.1, 0.15) is 25.0 Å². The van der Waals surface area contributed by atoms with E-state index in [2.05, 4.69) is 81.1 Å². The van der Waals surface area contributed by atoms with Crippen molar-refractivity contribution in [3.05, 3.63) is 59.7 Å². The third kappa shape index (κ3) is 3.17. The van der Waals surface area contributed by atoms with Crippen molar-refractivity contribution in [2.75, 3.05) is 11.4 Å². The van der Waals surface area contributed by atoms with Gasteiger partial charge < -0.3 is 4.90 Å². The molecule has 100 valence electrons. The Morgan fingerprint density at radius 2 is 1.42 bits per heavy atom. The van der Waals surface area contributed by atoms with Gasteiger partial charge in [-0.2, -0.15) is 0 Å². The number of rotatable bonds is 4. The monoisotopic (exact) mass is 253 g/mol. The maximum atomic E-state index is 2.44. The van der Waals surface area contributed by atoms with Crippen LogP contribution in [0.5, 0.6) is 0 Å². The minimum atomic E-state index is 0.624. The molecule has 0 atom stereocenters. The lowest BCUT2D eigenvalue weighted by Gasteiger charge is -2.30. The SMILES string of the molecule is Cc1cccc(C)c1N(CC(C)C)c1ccccc1. The van der Waals surface area contributed by atoms with Gasteiger partial charge >= 0.3 is 0 Å². The van der Waals surface area contributed by atoms with E-state index in [0.717, 1.165) is 6.54 Å². The first-order valence-electron chi connectivity index (χ1n) is 6.98. The van der Waals surface area contributed by atoms with Crippen molar-refractivity contribution in [3.63, 3.8) is 0 Å². The number of aryl methyl sites for hydroxylation is 2. The largest absolute Gasteiger partial charge is 0.341 e. The van der Waals surface area contributed by atoms with Crippen LogP contribution in [0.2, 0.25) is 0 Å². The van der Waals surface area contributed by atoms with Crippen molar-refractivity contribution < 1.29 is 0 Å². The summed E-state index contributed by atoms with van der Waals surface area (Å²) in [6, 6.07) is 17.2. The number of hydrogen-bond donors (Lipinski definition) is 0. The first-order chi connectivity index (χ1) is 9.09. The summed E-state index contributed by atoms with van der Waals surface area (Å²) in [7, 11) is 0. The number of anilines is 2. The summed E-state index contributed by atoms with van der Waals surface area (Å²) in [5.74, 6) is 0.624. The smallest absolute Gasteiger partial charge is 0.0470 e. The van der Waals surface area contributed by atoms with E-state index in [9.17, 15) is 0 Å². The first kappa shape index (κ1) is 13.7. The molecule has 2 aromatic rings. The van der Waals surface area contributed by atoms with Gasteiger partial charge in [0.2, 0.25) is 0 Å². The highest BCUT2D eigenvalue weighted by molar-refractivity contribution is 5.69. The van der Waals surface area contributed by atoms with Gasteiger partial charge in [0.1, 0.15) is 0 Å². The molecule has 0 aliphatic heterocycles.